The second kappa shape index (κ2) is 8.06. The molecule has 3 atom stereocenters. The van der Waals surface area contributed by atoms with E-state index in [1.807, 2.05) is 5.32 Å². The molecule has 0 aromatic heterocycles. The van der Waals surface area contributed by atoms with Crippen LogP contribution in [-0.4, -0.2) is 41.2 Å². The molecule has 29 heavy (non-hydrogen) atoms. The normalized spacial score (nSPS) is 21.7. The van der Waals surface area contributed by atoms with Crippen molar-refractivity contribution in [2.45, 2.75) is 25.8 Å². The Morgan fingerprint density at radius 3 is 2.28 bits per heavy atom. The Balaban J connectivity index is 1.58. The number of rotatable bonds is 5. The van der Waals surface area contributed by atoms with Gasteiger partial charge in [0.25, 0.3) is 5.91 Å². The Labute approximate surface area is 163 Å². The van der Waals surface area contributed by atoms with Gasteiger partial charge in [-0.3, -0.25) is 19.3 Å². The van der Waals surface area contributed by atoms with Gasteiger partial charge in [-0.25, -0.2) is 18.0 Å². The molecule has 1 aromatic rings. The van der Waals surface area contributed by atoms with Gasteiger partial charge < -0.3 is 10.1 Å². The number of imide groups is 1. The van der Waals surface area contributed by atoms with Gasteiger partial charge >= 0.3 is 5.97 Å². The van der Waals surface area contributed by atoms with Crippen LogP contribution in [0.2, 0.25) is 0 Å². The van der Waals surface area contributed by atoms with Crippen molar-refractivity contribution in [1.82, 2.24) is 4.90 Å². The van der Waals surface area contributed by atoms with Crippen LogP contribution < -0.4 is 5.32 Å². The Bertz CT molecular complexity index is 891. The van der Waals surface area contributed by atoms with Gasteiger partial charge in [-0.05, 0) is 31.9 Å². The third-order valence-electron chi connectivity index (χ3n) is 4.92. The number of carbonyl (C=O) groups is 4. The second-order valence-electron chi connectivity index (χ2n) is 6.76. The fourth-order valence-electron chi connectivity index (χ4n) is 3.38. The maximum Gasteiger partial charge on any atom is 0.329 e. The van der Waals surface area contributed by atoms with Gasteiger partial charge in [-0.1, -0.05) is 12.2 Å². The first kappa shape index (κ1) is 20.6. The Kier molecular flexibility index (Phi) is 5.71. The minimum absolute atomic E-state index is 0.412. The maximum absolute atomic E-state index is 13.6. The number of allylic oxidation sites excluding steroid dienone is 2. The summed E-state index contributed by atoms with van der Waals surface area (Å²) in [6.45, 7) is 0.433. The standard InChI is InChI=1S/C19H17F3N2O5/c1-9(24-17(26)10-4-2-3-5-11(10)18(24)27)19(28)29-8-14(25)23-13-7-6-12(20)15(21)16(13)22/h2-3,6-7,9-11H,4-5,8H2,1H3,(H,23,25)/t9-,10-,11-/m0/s1. The average molecular weight is 410 g/mol. The number of anilines is 1. The molecule has 0 spiro atoms. The molecule has 0 bridgehead atoms. The lowest BCUT2D eigenvalue weighted by Crippen LogP contribution is -2.45. The molecule has 1 fully saturated rings. The maximum atomic E-state index is 13.6. The zero-order valence-electron chi connectivity index (χ0n) is 15.3. The van der Waals surface area contributed by atoms with E-state index in [0.717, 1.165) is 11.0 Å². The van der Waals surface area contributed by atoms with E-state index in [2.05, 4.69) is 0 Å². The first-order chi connectivity index (χ1) is 13.7. The molecule has 0 saturated carbocycles. The van der Waals surface area contributed by atoms with Gasteiger partial charge in [0, 0.05) is 0 Å². The molecule has 7 nitrogen and oxygen atoms in total. The summed E-state index contributed by atoms with van der Waals surface area (Å²) in [5, 5.41) is 1.95. The smallest absolute Gasteiger partial charge is 0.329 e. The summed E-state index contributed by atoms with van der Waals surface area (Å²) < 4.78 is 44.4. The van der Waals surface area contributed by atoms with E-state index >= 15 is 0 Å². The van der Waals surface area contributed by atoms with Crippen LogP contribution >= 0.6 is 0 Å². The number of carbonyl (C=O) groups excluding carboxylic acids is 4. The molecule has 1 N–H and O–H groups in total. The van der Waals surface area contributed by atoms with Crippen LogP contribution in [0.4, 0.5) is 18.9 Å². The number of hydrogen-bond donors (Lipinski definition) is 1. The number of benzene rings is 1. The summed E-state index contributed by atoms with van der Waals surface area (Å²) in [6, 6.07) is 0.197. The molecule has 10 heteroatoms. The van der Waals surface area contributed by atoms with E-state index in [4.69, 9.17) is 4.74 Å². The third-order valence-corrected chi connectivity index (χ3v) is 4.92. The van der Waals surface area contributed by atoms with E-state index in [1.165, 1.54) is 6.92 Å². The van der Waals surface area contributed by atoms with Crippen LogP contribution in [0.25, 0.3) is 0 Å². The number of halogens is 3. The topological polar surface area (TPSA) is 92.8 Å². The highest BCUT2D eigenvalue weighted by Crippen LogP contribution is 2.36. The van der Waals surface area contributed by atoms with Gasteiger partial charge in [0.2, 0.25) is 11.8 Å². The number of esters is 1. The molecular weight excluding hydrogens is 393 g/mol. The summed E-state index contributed by atoms with van der Waals surface area (Å²) in [7, 11) is 0. The summed E-state index contributed by atoms with van der Waals surface area (Å²) >= 11 is 0. The van der Waals surface area contributed by atoms with Gasteiger partial charge in [0.15, 0.2) is 24.1 Å². The van der Waals surface area contributed by atoms with E-state index < -0.39 is 71.3 Å². The Morgan fingerprint density at radius 2 is 1.69 bits per heavy atom. The summed E-state index contributed by atoms with van der Waals surface area (Å²) in [6.07, 6.45) is 4.44. The van der Waals surface area contributed by atoms with Crippen LogP contribution in [-0.2, 0) is 23.9 Å². The van der Waals surface area contributed by atoms with Gasteiger partial charge in [-0.2, -0.15) is 0 Å². The van der Waals surface area contributed by atoms with E-state index in [1.54, 1.807) is 12.2 Å². The SMILES string of the molecule is C[C@@H](C(=O)OCC(=O)Nc1ccc(F)c(F)c1F)N1C(=O)[C@H]2CC=CC[C@@H]2C1=O. The first-order valence-corrected chi connectivity index (χ1v) is 8.84. The number of ether oxygens (including phenoxy) is 1. The fourth-order valence-corrected chi connectivity index (χ4v) is 3.38. The number of amides is 3. The van der Waals surface area contributed by atoms with Crippen LogP contribution in [0.5, 0.6) is 0 Å². The predicted octanol–water partition coefficient (Wildman–Crippen LogP) is 1.93. The highest BCUT2D eigenvalue weighted by molar-refractivity contribution is 6.08. The molecule has 0 radical (unpaired) electrons. The van der Waals surface area contributed by atoms with E-state index in [9.17, 15) is 32.3 Å². The molecule has 154 valence electrons. The number of nitrogens with one attached hydrogen (secondary N) is 1. The van der Waals surface area contributed by atoms with Crippen molar-refractivity contribution in [1.29, 1.82) is 0 Å². The molecule has 3 rings (SSSR count). The first-order valence-electron chi connectivity index (χ1n) is 8.84. The van der Waals surface area contributed by atoms with Crippen LogP contribution in [0.3, 0.4) is 0 Å². The third kappa shape index (κ3) is 3.87. The lowest BCUT2D eigenvalue weighted by molar-refractivity contribution is -0.159. The Hall–Kier alpha value is -3.17. The lowest BCUT2D eigenvalue weighted by atomic mass is 9.85. The summed E-state index contributed by atoms with van der Waals surface area (Å²) in [5.41, 5.74) is -0.625. The van der Waals surface area contributed by atoms with Gasteiger partial charge in [0.05, 0.1) is 17.5 Å². The zero-order chi connectivity index (χ0) is 21.3. The summed E-state index contributed by atoms with van der Waals surface area (Å²) in [5.74, 6) is -8.74. The van der Waals surface area contributed by atoms with Crippen molar-refractivity contribution in [3.8, 4) is 0 Å². The molecule has 1 heterocycles. The zero-order valence-corrected chi connectivity index (χ0v) is 15.3. The molecule has 1 aliphatic carbocycles. The molecule has 1 aliphatic heterocycles. The fraction of sp³-hybridized carbons (Fsp3) is 0.368. The molecule has 2 aliphatic rings. The minimum atomic E-state index is -1.75. The second-order valence-corrected chi connectivity index (χ2v) is 6.76. The molecule has 3 amide bonds. The average Bonchev–Trinajstić information content (AvgIpc) is 2.96. The largest absolute Gasteiger partial charge is 0.454 e. The number of fused-ring (bicyclic) bond motifs is 1. The van der Waals surface area contributed by atoms with Crippen LogP contribution in [0.15, 0.2) is 24.3 Å². The quantitative estimate of drug-likeness (QED) is 0.347. The highest BCUT2D eigenvalue weighted by atomic mass is 19.2. The van der Waals surface area contributed by atoms with E-state index in [-0.39, 0.29) is 0 Å². The lowest BCUT2D eigenvalue weighted by Gasteiger charge is -2.21. The van der Waals surface area contributed by atoms with Gasteiger partial charge in [0.1, 0.15) is 6.04 Å². The predicted molar refractivity (Wildman–Crippen MR) is 92.6 cm³/mol. The van der Waals surface area contributed by atoms with Crippen molar-refractivity contribution >= 4 is 29.4 Å². The summed E-state index contributed by atoms with van der Waals surface area (Å²) in [4.78, 5) is 49.8. The molecular formula is C19H17F3N2O5. The van der Waals surface area contributed by atoms with Crippen LogP contribution in [0.1, 0.15) is 19.8 Å². The minimum Gasteiger partial charge on any atom is -0.454 e. The number of nitrogens with zero attached hydrogens (tertiary/aromatic N) is 1. The number of likely N-dealkylation sites (tertiary alicyclic amines) is 1. The van der Waals surface area contributed by atoms with Crippen molar-refractivity contribution in [2.24, 2.45) is 11.8 Å². The van der Waals surface area contributed by atoms with E-state index in [0.29, 0.717) is 18.9 Å². The number of hydrogen-bond acceptors (Lipinski definition) is 5. The van der Waals surface area contributed by atoms with Crippen molar-refractivity contribution in [3.05, 3.63) is 41.7 Å². The van der Waals surface area contributed by atoms with Gasteiger partial charge in [-0.15, -0.1) is 0 Å². The van der Waals surface area contributed by atoms with Crippen molar-refractivity contribution in [2.75, 3.05) is 11.9 Å². The van der Waals surface area contributed by atoms with Crippen molar-refractivity contribution in [3.63, 3.8) is 0 Å². The molecule has 1 saturated heterocycles. The highest BCUT2D eigenvalue weighted by Gasteiger charge is 2.50. The monoisotopic (exact) mass is 410 g/mol. The Morgan fingerprint density at radius 1 is 1.10 bits per heavy atom. The molecule has 0 unspecified atom stereocenters. The molecule has 1 aromatic carbocycles. The van der Waals surface area contributed by atoms with Crippen LogP contribution in [0, 0.1) is 29.3 Å². The van der Waals surface area contributed by atoms with Crippen molar-refractivity contribution < 1.29 is 37.1 Å².